The smallest absolute Gasteiger partial charge is 0.196 e. The molecule has 2 N–H and O–H groups in total. The second kappa shape index (κ2) is 5.71. The van der Waals surface area contributed by atoms with Crippen LogP contribution in [0.4, 0.5) is 5.69 Å². The van der Waals surface area contributed by atoms with Crippen LogP contribution < -0.4 is 5.73 Å². The number of rotatable bonds is 3. The van der Waals surface area contributed by atoms with Gasteiger partial charge < -0.3 is 10.6 Å². The van der Waals surface area contributed by atoms with Crippen molar-refractivity contribution in [3.63, 3.8) is 0 Å². The minimum Gasteiger partial charge on any atom is -0.369 e. The van der Waals surface area contributed by atoms with Gasteiger partial charge in [-0.2, -0.15) is 0 Å². The van der Waals surface area contributed by atoms with Gasteiger partial charge in [0.25, 0.3) is 0 Å². The molecule has 0 atom stereocenters. The number of nitrogens with zero attached hydrogens (tertiary/aromatic N) is 2. The summed E-state index contributed by atoms with van der Waals surface area (Å²) in [6, 6.07) is 9.87. The summed E-state index contributed by atoms with van der Waals surface area (Å²) in [7, 11) is 2.03. The van der Waals surface area contributed by atoms with Crippen LogP contribution in [-0.2, 0) is 0 Å². The molecular weight excluding hydrogens is 210 g/mol. The molecule has 1 fully saturated rings. The fourth-order valence-electron chi connectivity index (χ4n) is 2.39. The number of hydrogen-bond acceptors (Lipinski definition) is 1. The van der Waals surface area contributed by atoms with E-state index in [1.54, 1.807) is 0 Å². The normalized spacial score (nSPS) is 17.4. The molecule has 0 aliphatic heterocycles. The SMILES string of the molecule is CN(CC1CCCC1)C(N)=Nc1ccccc1. The number of para-hydroxylation sites is 1. The van der Waals surface area contributed by atoms with Gasteiger partial charge in [0.1, 0.15) is 0 Å². The Morgan fingerprint density at radius 1 is 1.29 bits per heavy atom. The van der Waals surface area contributed by atoms with E-state index in [4.69, 9.17) is 5.73 Å². The molecule has 0 saturated heterocycles. The number of benzene rings is 1. The number of guanidine groups is 1. The van der Waals surface area contributed by atoms with Crippen molar-refractivity contribution < 1.29 is 0 Å². The van der Waals surface area contributed by atoms with E-state index in [9.17, 15) is 0 Å². The molecule has 2 rings (SSSR count). The van der Waals surface area contributed by atoms with Crippen LogP contribution in [0.2, 0.25) is 0 Å². The van der Waals surface area contributed by atoms with Crippen LogP contribution in [0.15, 0.2) is 35.3 Å². The van der Waals surface area contributed by atoms with Crippen LogP contribution in [0.1, 0.15) is 25.7 Å². The average Bonchev–Trinajstić information content (AvgIpc) is 2.83. The van der Waals surface area contributed by atoms with Gasteiger partial charge in [0.05, 0.1) is 5.69 Å². The van der Waals surface area contributed by atoms with E-state index in [1.807, 2.05) is 37.4 Å². The van der Waals surface area contributed by atoms with Crippen molar-refractivity contribution in [2.24, 2.45) is 16.6 Å². The Morgan fingerprint density at radius 3 is 2.59 bits per heavy atom. The largest absolute Gasteiger partial charge is 0.369 e. The molecule has 0 spiro atoms. The minimum atomic E-state index is 0.614. The third-order valence-electron chi connectivity index (χ3n) is 3.40. The maximum absolute atomic E-state index is 6.00. The van der Waals surface area contributed by atoms with Crippen molar-refractivity contribution in [2.75, 3.05) is 13.6 Å². The Bertz CT molecular complexity index is 366. The summed E-state index contributed by atoms with van der Waals surface area (Å²) >= 11 is 0. The van der Waals surface area contributed by atoms with Crippen molar-refractivity contribution >= 4 is 11.6 Å². The van der Waals surface area contributed by atoms with Crippen molar-refractivity contribution in [3.8, 4) is 0 Å². The molecular formula is C14H21N3. The zero-order valence-electron chi connectivity index (χ0n) is 10.5. The third kappa shape index (κ3) is 3.48. The fraction of sp³-hybridized carbons (Fsp3) is 0.500. The highest BCUT2D eigenvalue weighted by atomic mass is 15.2. The van der Waals surface area contributed by atoms with Gasteiger partial charge in [0, 0.05) is 13.6 Å². The Morgan fingerprint density at radius 2 is 1.94 bits per heavy atom. The topological polar surface area (TPSA) is 41.6 Å². The molecule has 1 aliphatic carbocycles. The van der Waals surface area contributed by atoms with Gasteiger partial charge in [-0.3, -0.25) is 0 Å². The van der Waals surface area contributed by atoms with Crippen LogP contribution in [0.3, 0.4) is 0 Å². The second-order valence-corrected chi connectivity index (χ2v) is 4.84. The summed E-state index contributed by atoms with van der Waals surface area (Å²) in [5.41, 5.74) is 6.92. The third-order valence-corrected chi connectivity index (χ3v) is 3.40. The number of hydrogen-bond donors (Lipinski definition) is 1. The Balaban J connectivity index is 1.94. The summed E-state index contributed by atoms with van der Waals surface area (Å²) in [5, 5.41) is 0. The van der Waals surface area contributed by atoms with Crippen LogP contribution in [0, 0.1) is 5.92 Å². The van der Waals surface area contributed by atoms with Gasteiger partial charge in [-0.1, -0.05) is 31.0 Å². The van der Waals surface area contributed by atoms with Gasteiger partial charge in [-0.25, -0.2) is 4.99 Å². The molecule has 1 aliphatic rings. The maximum Gasteiger partial charge on any atom is 0.196 e. The van der Waals surface area contributed by atoms with E-state index in [0.717, 1.165) is 18.2 Å². The Hall–Kier alpha value is -1.51. The highest BCUT2D eigenvalue weighted by molar-refractivity contribution is 5.80. The summed E-state index contributed by atoms with van der Waals surface area (Å²) in [6.07, 6.45) is 5.41. The van der Waals surface area contributed by atoms with E-state index >= 15 is 0 Å². The summed E-state index contributed by atoms with van der Waals surface area (Å²) in [5.74, 6) is 1.41. The first-order chi connectivity index (χ1) is 8.25. The van der Waals surface area contributed by atoms with E-state index in [-0.39, 0.29) is 0 Å². The van der Waals surface area contributed by atoms with Gasteiger partial charge in [0.2, 0.25) is 0 Å². The first kappa shape index (κ1) is 12.0. The van der Waals surface area contributed by atoms with Gasteiger partial charge >= 0.3 is 0 Å². The summed E-state index contributed by atoms with van der Waals surface area (Å²) in [6.45, 7) is 1.03. The fourth-order valence-corrected chi connectivity index (χ4v) is 2.39. The number of aliphatic imine (C=N–C) groups is 1. The Labute approximate surface area is 103 Å². The molecule has 1 aromatic rings. The van der Waals surface area contributed by atoms with Crippen molar-refractivity contribution in [1.82, 2.24) is 4.90 Å². The molecule has 0 amide bonds. The minimum absolute atomic E-state index is 0.614. The number of nitrogens with two attached hydrogens (primary N) is 1. The first-order valence-corrected chi connectivity index (χ1v) is 6.36. The first-order valence-electron chi connectivity index (χ1n) is 6.36. The molecule has 0 radical (unpaired) electrons. The molecule has 3 heteroatoms. The molecule has 1 aromatic carbocycles. The van der Waals surface area contributed by atoms with Crippen molar-refractivity contribution in [3.05, 3.63) is 30.3 Å². The van der Waals surface area contributed by atoms with E-state index in [2.05, 4.69) is 9.89 Å². The lowest BCUT2D eigenvalue weighted by Crippen LogP contribution is -2.36. The molecule has 0 bridgehead atoms. The highest BCUT2D eigenvalue weighted by Gasteiger charge is 2.17. The monoisotopic (exact) mass is 231 g/mol. The standard InChI is InChI=1S/C14H21N3/c1-17(11-12-7-5-6-8-12)14(15)16-13-9-3-2-4-10-13/h2-4,9-10,12H,5-8,11H2,1H3,(H2,15,16). The molecule has 0 heterocycles. The van der Waals surface area contributed by atoms with Crippen molar-refractivity contribution in [2.45, 2.75) is 25.7 Å². The zero-order valence-corrected chi connectivity index (χ0v) is 10.5. The zero-order chi connectivity index (χ0) is 12.1. The molecule has 92 valence electrons. The summed E-state index contributed by atoms with van der Waals surface area (Å²) in [4.78, 5) is 6.49. The van der Waals surface area contributed by atoms with E-state index in [1.165, 1.54) is 25.7 Å². The van der Waals surface area contributed by atoms with Gasteiger partial charge in [-0.05, 0) is 30.9 Å². The predicted molar refractivity (Wildman–Crippen MR) is 72.3 cm³/mol. The van der Waals surface area contributed by atoms with Gasteiger partial charge in [-0.15, -0.1) is 0 Å². The van der Waals surface area contributed by atoms with E-state index < -0.39 is 0 Å². The maximum atomic E-state index is 6.00. The molecule has 0 aromatic heterocycles. The molecule has 17 heavy (non-hydrogen) atoms. The average molecular weight is 231 g/mol. The quantitative estimate of drug-likeness (QED) is 0.642. The van der Waals surface area contributed by atoms with Crippen LogP contribution in [0.25, 0.3) is 0 Å². The molecule has 0 unspecified atom stereocenters. The molecule has 3 nitrogen and oxygen atoms in total. The lowest BCUT2D eigenvalue weighted by atomic mass is 10.1. The predicted octanol–water partition coefficient (Wildman–Crippen LogP) is 2.75. The highest BCUT2D eigenvalue weighted by Crippen LogP contribution is 2.25. The van der Waals surface area contributed by atoms with Crippen LogP contribution in [-0.4, -0.2) is 24.5 Å². The van der Waals surface area contributed by atoms with Crippen LogP contribution >= 0.6 is 0 Å². The Kier molecular flexibility index (Phi) is 4.02. The lowest BCUT2D eigenvalue weighted by Gasteiger charge is -2.21. The second-order valence-electron chi connectivity index (χ2n) is 4.84. The van der Waals surface area contributed by atoms with Crippen LogP contribution in [0.5, 0.6) is 0 Å². The lowest BCUT2D eigenvalue weighted by molar-refractivity contribution is 0.386. The summed E-state index contributed by atoms with van der Waals surface area (Å²) < 4.78 is 0. The van der Waals surface area contributed by atoms with E-state index in [0.29, 0.717) is 5.96 Å². The van der Waals surface area contributed by atoms with Gasteiger partial charge in [0.15, 0.2) is 5.96 Å². The molecule has 1 saturated carbocycles. The van der Waals surface area contributed by atoms with Crippen molar-refractivity contribution in [1.29, 1.82) is 0 Å².